The van der Waals surface area contributed by atoms with E-state index in [4.69, 9.17) is 10.2 Å². The molecule has 1 aromatic rings. The number of rotatable bonds is 15. The minimum atomic E-state index is -1.39. The molecule has 0 aliphatic heterocycles. The average molecular weight is 433 g/mol. The summed E-state index contributed by atoms with van der Waals surface area (Å²) in [5.74, 6) is 6.02. The molecule has 0 amide bonds. The van der Waals surface area contributed by atoms with E-state index in [1.54, 1.807) is 0 Å². The fourth-order valence-corrected chi connectivity index (χ4v) is 3.34. The molecule has 0 radical (unpaired) electrons. The van der Waals surface area contributed by atoms with Crippen molar-refractivity contribution in [2.24, 2.45) is 5.92 Å². The first-order valence-electron chi connectivity index (χ1n) is 11.3. The maximum atomic E-state index is 10.6. The average Bonchev–Trinajstić information content (AvgIpc) is 2.74. The Balaban J connectivity index is 2.39. The van der Waals surface area contributed by atoms with E-state index in [0.717, 1.165) is 24.0 Å². The van der Waals surface area contributed by atoms with Gasteiger partial charge in [0.2, 0.25) is 0 Å². The number of hydrogen-bond donors (Lipinski definition) is 2. The number of carboxylic acid groups (broad SMARTS) is 2. The smallest absolute Gasteiger partial charge is 0.450 e. The Kier molecular flexibility index (Phi) is 14.5. The van der Waals surface area contributed by atoms with Crippen LogP contribution in [0.5, 0.6) is 0 Å². The summed E-state index contributed by atoms with van der Waals surface area (Å²) in [6, 6.07) is 7.67. The Morgan fingerprint density at radius 1 is 0.903 bits per heavy atom. The molecule has 0 aromatic heterocycles. The van der Waals surface area contributed by atoms with Gasteiger partial charge in [0, 0.05) is 17.9 Å². The van der Waals surface area contributed by atoms with Gasteiger partial charge in [-0.1, -0.05) is 82.3 Å². The van der Waals surface area contributed by atoms with Crippen LogP contribution in [0.25, 0.3) is 0 Å². The van der Waals surface area contributed by atoms with Gasteiger partial charge >= 0.3 is 12.3 Å². The molecule has 0 fully saturated rings. The summed E-state index contributed by atoms with van der Waals surface area (Å²) in [6.07, 6.45) is 10.2. The Morgan fingerprint density at radius 3 is 2.06 bits per heavy atom. The maximum absolute atomic E-state index is 10.6. The van der Waals surface area contributed by atoms with Crippen molar-refractivity contribution >= 4 is 12.3 Å². The lowest BCUT2D eigenvalue weighted by molar-refractivity contribution is 0.0437. The summed E-state index contributed by atoms with van der Waals surface area (Å²) in [4.78, 5) is 21.3. The Bertz CT molecular complexity index is 685. The third-order valence-corrected chi connectivity index (χ3v) is 4.97. The quantitative estimate of drug-likeness (QED) is 0.186. The number of carbonyl (C=O) groups is 2. The van der Waals surface area contributed by atoms with Crippen LogP contribution in [0.2, 0.25) is 0 Å². The summed E-state index contributed by atoms with van der Waals surface area (Å²) in [5, 5.41) is 17.4. The van der Waals surface area contributed by atoms with Crippen molar-refractivity contribution in [3.63, 3.8) is 0 Å². The highest BCUT2D eigenvalue weighted by molar-refractivity contribution is 5.57. The van der Waals surface area contributed by atoms with Crippen LogP contribution < -0.4 is 0 Å². The zero-order valence-electron chi connectivity index (χ0n) is 18.6. The highest BCUT2D eigenvalue weighted by Crippen LogP contribution is 2.13. The van der Waals surface area contributed by atoms with Gasteiger partial charge < -0.3 is 19.7 Å². The molecule has 6 nitrogen and oxygen atoms in total. The Hall–Kier alpha value is -2.68. The first-order valence-corrected chi connectivity index (χ1v) is 11.3. The molecular formula is C25H36O6. The van der Waals surface area contributed by atoms with Crippen LogP contribution in [-0.4, -0.2) is 35.7 Å². The summed E-state index contributed by atoms with van der Waals surface area (Å²) in [5.41, 5.74) is 1.83. The Morgan fingerprint density at radius 2 is 1.48 bits per heavy atom. The lowest BCUT2D eigenvalue weighted by Crippen LogP contribution is -2.22. The van der Waals surface area contributed by atoms with Crippen molar-refractivity contribution in [2.45, 2.75) is 77.6 Å². The summed E-state index contributed by atoms with van der Waals surface area (Å²) >= 11 is 0. The SMILES string of the molecule is CCCCCCCCCCCC#Cc1cccc(CC(COC(=O)O)COC(=O)O)c1. The Labute approximate surface area is 186 Å². The van der Waals surface area contributed by atoms with E-state index in [1.165, 1.54) is 51.4 Å². The van der Waals surface area contributed by atoms with E-state index in [0.29, 0.717) is 6.42 Å². The predicted octanol–water partition coefficient (Wildman–Crippen LogP) is 6.51. The molecule has 0 saturated carbocycles. The number of ether oxygens (including phenoxy) is 2. The molecule has 0 saturated heterocycles. The third-order valence-electron chi connectivity index (χ3n) is 4.97. The van der Waals surface area contributed by atoms with Gasteiger partial charge in [-0.05, 0) is 30.5 Å². The maximum Gasteiger partial charge on any atom is 0.505 e. The van der Waals surface area contributed by atoms with Crippen molar-refractivity contribution in [3.05, 3.63) is 35.4 Å². The van der Waals surface area contributed by atoms with E-state index in [-0.39, 0.29) is 13.2 Å². The molecule has 1 rings (SSSR count). The molecule has 31 heavy (non-hydrogen) atoms. The second kappa shape index (κ2) is 17.0. The van der Waals surface area contributed by atoms with Crippen molar-refractivity contribution in [2.75, 3.05) is 13.2 Å². The van der Waals surface area contributed by atoms with Gasteiger partial charge in [-0.3, -0.25) is 0 Å². The van der Waals surface area contributed by atoms with E-state index in [1.807, 2.05) is 24.3 Å². The molecule has 0 aliphatic carbocycles. The molecular weight excluding hydrogens is 396 g/mol. The first-order chi connectivity index (χ1) is 15.0. The fourth-order valence-electron chi connectivity index (χ4n) is 3.34. The van der Waals surface area contributed by atoms with Crippen LogP contribution in [0, 0.1) is 17.8 Å². The number of unbranched alkanes of at least 4 members (excludes halogenated alkanes) is 9. The lowest BCUT2D eigenvalue weighted by Gasteiger charge is -2.15. The second-order valence-electron chi connectivity index (χ2n) is 7.80. The zero-order valence-corrected chi connectivity index (χ0v) is 18.6. The van der Waals surface area contributed by atoms with Gasteiger partial charge in [0.25, 0.3) is 0 Å². The molecule has 6 heteroatoms. The first kappa shape index (κ1) is 26.4. The molecule has 0 heterocycles. The second-order valence-corrected chi connectivity index (χ2v) is 7.80. The van der Waals surface area contributed by atoms with Crippen LogP contribution in [0.3, 0.4) is 0 Å². The molecule has 0 bridgehead atoms. The minimum Gasteiger partial charge on any atom is -0.450 e. The molecule has 1 aromatic carbocycles. The number of benzene rings is 1. The van der Waals surface area contributed by atoms with E-state index in [9.17, 15) is 9.59 Å². The van der Waals surface area contributed by atoms with Gasteiger partial charge in [-0.15, -0.1) is 0 Å². The standard InChI is InChI=1S/C25H36O6/c1-2-3-4-5-6-7-8-9-10-11-12-14-21-15-13-16-22(17-21)18-23(19-30-24(26)27)20-31-25(28)29/h13,15-17,23H,2-11,18-20H2,1H3,(H,26,27)(H,28,29). The summed E-state index contributed by atoms with van der Waals surface area (Å²) in [6.45, 7) is 1.98. The van der Waals surface area contributed by atoms with Gasteiger partial charge in [0.15, 0.2) is 0 Å². The molecule has 0 spiro atoms. The topological polar surface area (TPSA) is 93.1 Å². The molecule has 172 valence electrons. The monoisotopic (exact) mass is 432 g/mol. The number of hydrogen-bond acceptors (Lipinski definition) is 4. The summed E-state index contributed by atoms with van der Waals surface area (Å²) < 4.78 is 9.20. The van der Waals surface area contributed by atoms with E-state index in [2.05, 4.69) is 28.2 Å². The van der Waals surface area contributed by atoms with Crippen LogP contribution >= 0.6 is 0 Å². The third kappa shape index (κ3) is 14.9. The van der Waals surface area contributed by atoms with Crippen molar-refractivity contribution < 1.29 is 29.3 Å². The van der Waals surface area contributed by atoms with Crippen molar-refractivity contribution in [1.82, 2.24) is 0 Å². The highest BCUT2D eigenvalue weighted by atomic mass is 16.7. The lowest BCUT2D eigenvalue weighted by atomic mass is 9.99. The van der Waals surface area contributed by atoms with Crippen LogP contribution in [0.15, 0.2) is 24.3 Å². The van der Waals surface area contributed by atoms with Crippen LogP contribution in [0.1, 0.15) is 82.3 Å². The molecule has 0 atom stereocenters. The molecule has 0 aliphatic rings. The van der Waals surface area contributed by atoms with Crippen LogP contribution in [-0.2, 0) is 15.9 Å². The molecule has 2 N–H and O–H groups in total. The van der Waals surface area contributed by atoms with Gasteiger partial charge in [0.05, 0.1) is 0 Å². The van der Waals surface area contributed by atoms with Gasteiger partial charge in [-0.25, -0.2) is 9.59 Å². The van der Waals surface area contributed by atoms with E-state index < -0.39 is 18.2 Å². The zero-order chi connectivity index (χ0) is 22.7. The molecule has 0 unspecified atom stereocenters. The van der Waals surface area contributed by atoms with Crippen molar-refractivity contribution in [1.29, 1.82) is 0 Å². The highest BCUT2D eigenvalue weighted by Gasteiger charge is 2.15. The largest absolute Gasteiger partial charge is 0.505 e. The van der Waals surface area contributed by atoms with Crippen molar-refractivity contribution in [3.8, 4) is 11.8 Å². The normalized spacial score (nSPS) is 10.4. The predicted molar refractivity (Wildman–Crippen MR) is 120 cm³/mol. The minimum absolute atomic E-state index is 0.128. The van der Waals surface area contributed by atoms with Crippen LogP contribution in [0.4, 0.5) is 9.59 Å². The van der Waals surface area contributed by atoms with Gasteiger partial charge in [0.1, 0.15) is 13.2 Å². The summed E-state index contributed by atoms with van der Waals surface area (Å²) in [7, 11) is 0. The van der Waals surface area contributed by atoms with Gasteiger partial charge in [-0.2, -0.15) is 0 Å². The fraction of sp³-hybridized carbons (Fsp3) is 0.600. The van der Waals surface area contributed by atoms with E-state index >= 15 is 0 Å².